The highest BCUT2D eigenvalue weighted by atomic mass is 16.3. The zero-order valence-corrected chi connectivity index (χ0v) is 8.14. The molecule has 0 saturated heterocycles. The van der Waals surface area contributed by atoms with E-state index in [1.165, 1.54) is 0 Å². The predicted molar refractivity (Wildman–Crippen MR) is 57.2 cm³/mol. The number of hydrogen-bond acceptors (Lipinski definition) is 2. The van der Waals surface area contributed by atoms with Crippen molar-refractivity contribution >= 4 is 10.9 Å². The van der Waals surface area contributed by atoms with Crippen molar-refractivity contribution < 1.29 is 5.11 Å². The van der Waals surface area contributed by atoms with Gasteiger partial charge in [-0.05, 0) is 23.8 Å². The lowest BCUT2D eigenvalue weighted by atomic mass is 10.0. The highest BCUT2D eigenvalue weighted by Crippen LogP contribution is 2.19. The molecule has 72 valence electrons. The lowest BCUT2D eigenvalue weighted by Crippen LogP contribution is -1.98. The monoisotopic (exact) mass is 187 g/mol. The molecule has 0 saturated carbocycles. The van der Waals surface area contributed by atoms with Crippen LogP contribution in [0.5, 0.6) is 0 Å². The van der Waals surface area contributed by atoms with Crippen LogP contribution < -0.4 is 0 Å². The second-order valence-electron chi connectivity index (χ2n) is 3.54. The molecule has 0 fully saturated rings. The molecule has 1 atom stereocenters. The van der Waals surface area contributed by atoms with Crippen LogP contribution in [0.1, 0.15) is 18.4 Å². The summed E-state index contributed by atoms with van der Waals surface area (Å²) in [4.78, 5) is 4.24. The van der Waals surface area contributed by atoms with Crippen molar-refractivity contribution in [3.05, 3.63) is 42.1 Å². The number of aliphatic hydroxyl groups excluding tert-OH is 1. The van der Waals surface area contributed by atoms with Crippen molar-refractivity contribution in [1.82, 2.24) is 4.98 Å². The van der Waals surface area contributed by atoms with Gasteiger partial charge in [-0.2, -0.15) is 0 Å². The van der Waals surface area contributed by atoms with Gasteiger partial charge in [-0.15, -0.1) is 0 Å². The lowest BCUT2D eigenvalue weighted by Gasteiger charge is -2.08. The molecule has 0 bridgehead atoms. The largest absolute Gasteiger partial charge is 0.396 e. The molecule has 1 aromatic carbocycles. The summed E-state index contributed by atoms with van der Waals surface area (Å²) in [7, 11) is 0. The first kappa shape index (κ1) is 9.16. The molecular weight excluding hydrogens is 174 g/mol. The minimum atomic E-state index is 0.186. The molecule has 2 nitrogen and oxygen atoms in total. The number of fused-ring (bicyclic) bond motifs is 1. The molecule has 1 heterocycles. The highest BCUT2D eigenvalue weighted by molar-refractivity contribution is 5.79. The Morgan fingerprint density at radius 2 is 2.21 bits per heavy atom. The van der Waals surface area contributed by atoms with E-state index in [4.69, 9.17) is 5.11 Å². The third-order valence-electron chi connectivity index (χ3n) is 2.47. The fourth-order valence-corrected chi connectivity index (χ4v) is 1.51. The maximum absolute atomic E-state index is 9.04. The smallest absolute Gasteiger partial charge is 0.0702 e. The van der Waals surface area contributed by atoms with Gasteiger partial charge < -0.3 is 5.11 Å². The van der Waals surface area contributed by atoms with E-state index in [2.05, 4.69) is 11.1 Å². The van der Waals surface area contributed by atoms with Gasteiger partial charge in [-0.1, -0.05) is 19.1 Å². The Kier molecular flexibility index (Phi) is 2.46. The Labute approximate surface area is 83.2 Å². The standard InChI is InChI=1S/C12H13NO/c1-9(8-14)10-4-5-12-11(7-10)3-2-6-13-12/h2-7,9,14H,8H2,1H3/t9-/m1/s1. The van der Waals surface area contributed by atoms with Crippen molar-refractivity contribution in [2.75, 3.05) is 6.61 Å². The summed E-state index contributed by atoms with van der Waals surface area (Å²) in [6.07, 6.45) is 1.79. The minimum Gasteiger partial charge on any atom is -0.396 e. The molecular formula is C12H13NO. The predicted octanol–water partition coefficient (Wildman–Crippen LogP) is 2.33. The van der Waals surface area contributed by atoms with E-state index in [9.17, 15) is 0 Å². The first-order valence-electron chi connectivity index (χ1n) is 4.77. The second-order valence-corrected chi connectivity index (χ2v) is 3.54. The molecule has 0 amide bonds. The van der Waals surface area contributed by atoms with E-state index in [0.29, 0.717) is 0 Å². The van der Waals surface area contributed by atoms with Gasteiger partial charge >= 0.3 is 0 Å². The molecule has 0 radical (unpaired) electrons. The summed E-state index contributed by atoms with van der Waals surface area (Å²) in [5.74, 6) is 0.194. The van der Waals surface area contributed by atoms with Crippen molar-refractivity contribution in [1.29, 1.82) is 0 Å². The second kappa shape index (κ2) is 3.76. The van der Waals surface area contributed by atoms with Crippen LogP contribution >= 0.6 is 0 Å². The third kappa shape index (κ3) is 1.61. The number of pyridine rings is 1. The van der Waals surface area contributed by atoms with E-state index >= 15 is 0 Å². The SMILES string of the molecule is C[C@H](CO)c1ccc2ncccc2c1. The number of nitrogens with zero attached hydrogens (tertiary/aromatic N) is 1. The normalized spacial score (nSPS) is 13.0. The first-order valence-corrected chi connectivity index (χ1v) is 4.77. The molecule has 0 aliphatic carbocycles. The number of benzene rings is 1. The van der Waals surface area contributed by atoms with E-state index in [-0.39, 0.29) is 12.5 Å². The fourth-order valence-electron chi connectivity index (χ4n) is 1.51. The van der Waals surface area contributed by atoms with Crippen molar-refractivity contribution in [2.45, 2.75) is 12.8 Å². The molecule has 0 unspecified atom stereocenters. The Morgan fingerprint density at radius 1 is 1.36 bits per heavy atom. The quantitative estimate of drug-likeness (QED) is 0.782. The van der Waals surface area contributed by atoms with E-state index in [1.807, 2.05) is 31.2 Å². The van der Waals surface area contributed by atoms with Crippen LogP contribution in [-0.2, 0) is 0 Å². The summed E-state index contributed by atoms with van der Waals surface area (Å²) < 4.78 is 0. The zero-order chi connectivity index (χ0) is 9.97. The van der Waals surface area contributed by atoms with Gasteiger partial charge in [0.1, 0.15) is 0 Å². The average Bonchev–Trinajstić information content (AvgIpc) is 2.27. The van der Waals surface area contributed by atoms with Crippen LogP contribution in [-0.4, -0.2) is 16.7 Å². The van der Waals surface area contributed by atoms with E-state index in [0.717, 1.165) is 16.5 Å². The number of aliphatic hydroxyl groups is 1. The molecule has 0 aliphatic rings. The highest BCUT2D eigenvalue weighted by Gasteiger charge is 2.04. The van der Waals surface area contributed by atoms with Crippen LogP contribution in [0, 0.1) is 0 Å². The molecule has 1 aromatic heterocycles. The van der Waals surface area contributed by atoms with Crippen LogP contribution in [0.3, 0.4) is 0 Å². The van der Waals surface area contributed by atoms with Gasteiger partial charge in [0.05, 0.1) is 5.52 Å². The lowest BCUT2D eigenvalue weighted by molar-refractivity contribution is 0.273. The van der Waals surface area contributed by atoms with Gasteiger partial charge in [-0.25, -0.2) is 0 Å². The van der Waals surface area contributed by atoms with E-state index in [1.54, 1.807) is 6.20 Å². The number of rotatable bonds is 2. The van der Waals surface area contributed by atoms with Gasteiger partial charge in [0.15, 0.2) is 0 Å². The third-order valence-corrected chi connectivity index (χ3v) is 2.47. The van der Waals surface area contributed by atoms with Crippen molar-refractivity contribution in [3.8, 4) is 0 Å². The van der Waals surface area contributed by atoms with Crippen LogP contribution in [0.25, 0.3) is 10.9 Å². The molecule has 1 N–H and O–H groups in total. The molecule has 2 rings (SSSR count). The summed E-state index contributed by atoms with van der Waals surface area (Å²) in [6.45, 7) is 2.20. The molecule has 2 aromatic rings. The zero-order valence-electron chi connectivity index (χ0n) is 8.14. The summed E-state index contributed by atoms with van der Waals surface area (Å²) in [5, 5.41) is 10.2. The van der Waals surface area contributed by atoms with Crippen LogP contribution in [0.2, 0.25) is 0 Å². The summed E-state index contributed by atoms with van der Waals surface area (Å²) in [5.41, 5.74) is 2.16. The summed E-state index contributed by atoms with van der Waals surface area (Å²) in [6, 6.07) is 10.1. The van der Waals surface area contributed by atoms with Crippen LogP contribution in [0.15, 0.2) is 36.5 Å². The Hall–Kier alpha value is -1.41. The molecule has 2 heteroatoms. The van der Waals surface area contributed by atoms with Crippen LogP contribution in [0.4, 0.5) is 0 Å². The fraction of sp³-hybridized carbons (Fsp3) is 0.250. The van der Waals surface area contributed by atoms with Gasteiger partial charge in [0.2, 0.25) is 0 Å². The number of hydrogen-bond donors (Lipinski definition) is 1. The first-order chi connectivity index (χ1) is 6.81. The van der Waals surface area contributed by atoms with Crippen molar-refractivity contribution in [2.24, 2.45) is 0 Å². The Bertz CT molecular complexity index is 439. The number of aromatic nitrogens is 1. The Morgan fingerprint density at radius 3 is 3.00 bits per heavy atom. The van der Waals surface area contributed by atoms with Gasteiger partial charge in [0, 0.05) is 24.1 Å². The van der Waals surface area contributed by atoms with Crippen molar-refractivity contribution in [3.63, 3.8) is 0 Å². The minimum absolute atomic E-state index is 0.186. The Balaban J connectivity index is 2.51. The van der Waals surface area contributed by atoms with Gasteiger partial charge in [-0.3, -0.25) is 4.98 Å². The topological polar surface area (TPSA) is 33.1 Å². The molecule has 0 spiro atoms. The van der Waals surface area contributed by atoms with Gasteiger partial charge in [0.25, 0.3) is 0 Å². The molecule has 14 heavy (non-hydrogen) atoms. The van der Waals surface area contributed by atoms with E-state index < -0.39 is 0 Å². The maximum Gasteiger partial charge on any atom is 0.0702 e. The molecule has 0 aliphatic heterocycles. The average molecular weight is 187 g/mol. The maximum atomic E-state index is 9.04. The summed E-state index contributed by atoms with van der Waals surface area (Å²) >= 11 is 0.